The third kappa shape index (κ3) is 3.23. The first-order chi connectivity index (χ1) is 8.51. The van der Waals surface area contributed by atoms with Gasteiger partial charge in [0.25, 0.3) is 0 Å². The molecule has 0 saturated heterocycles. The van der Waals surface area contributed by atoms with Gasteiger partial charge in [0.1, 0.15) is 5.75 Å². The van der Waals surface area contributed by atoms with Crippen LogP contribution in [0.2, 0.25) is 0 Å². The van der Waals surface area contributed by atoms with Gasteiger partial charge in [-0.05, 0) is 50.6 Å². The number of hydrogen-bond acceptors (Lipinski definition) is 3. The molecule has 100 valence electrons. The van der Waals surface area contributed by atoms with Gasteiger partial charge < -0.3 is 15.4 Å². The fourth-order valence-corrected chi connectivity index (χ4v) is 1.89. The van der Waals surface area contributed by atoms with Crippen LogP contribution < -0.4 is 15.4 Å². The maximum absolute atomic E-state index is 11.8. The van der Waals surface area contributed by atoms with Gasteiger partial charge in [-0.3, -0.25) is 4.79 Å². The highest BCUT2D eigenvalue weighted by molar-refractivity contribution is 5.92. The smallest absolute Gasteiger partial charge is 0.225 e. The van der Waals surface area contributed by atoms with Crippen molar-refractivity contribution in [2.75, 3.05) is 26.0 Å². The molecule has 0 atom stereocenters. The zero-order chi connectivity index (χ0) is 13.7. The molecule has 0 aliphatic heterocycles. The molecule has 1 aromatic carbocycles. The highest BCUT2D eigenvalue weighted by atomic mass is 16.5. The molecule has 0 bridgehead atoms. The number of hydrogen-bond donors (Lipinski definition) is 2. The number of rotatable bonds is 5. The Morgan fingerprint density at radius 1 is 1.28 bits per heavy atom. The summed E-state index contributed by atoms with van der Waals surface area (Å²) in [6.45, 7) is 6.65. The minimum absolute atomic E-state index is 0.0279. The molecule has 0 spiro atoms. The quantitative estimate of drug-likeness (QED) is 0.842. The van der Waals surface area contributed by atoms with Crippen LogP contribution in [0.3, 0.4) is 0 Å². The number of methoxy groups -OCH3 is 1. The summed E-state index contributed by atoms with van der Waals surface area (Å²) in [7, 11) is 3.49. The molecule has 0 aromatic heterocycles. The zero-order valence-corrected chi connectivity index (χ0v) is 11.8. The maximum Gasteiger partial charge on any atom is 0.225 e. The Labute approximate surface area is 109 Å². The first-order valence-electron chi connectivity index (χ1n) is 6.10. The lowest BCUT2D eigenvalue weighted by atomic mass is 10.0. The topological polar surface area (TPSA) is 50.4 Å². The Bertz CT molecular complexity index is 442. The van der Waals surface area contributed by atoms with Crippen molar-refractivity contribution >= 4 is 11.6 Å². The first kappa shape index (κ1) is 14.5. The summed E-state index contributed by atoms with van der Waals surface area (Å²) in [5, 5.41) is 5.93. The number of amides is 1. The average Bonchev–Trinajstić information content (AvgIpc) is 2.36. The summed E-state index contributed by atoms with van der Waals surface area (Å²) in [6.07, 6.45) is 0.473. The zero-order valence-electron chi connectivity index (χ0n) is 11.8. The van der Waals surface area contributed by atoms with E-state index in [9.17, 15) is 4.79 Å². The van der Waals surface area contributed by atoms with Gasteiger partial charge in [-0.25, -0.2) is 0 Å². The van der Waals surface area contributed by atoms with Crippen molar-refractivity contribution in [2.24, 2.45) is 0 Å². The maximum atomic E-state index is 11.8. The van der Waals surface area contributed by atoms with Crippen molar-refractivity contribution in [3.8, 4) is 5.75 Å². The predicted octanol–water partition coefficient (Wildman–Crippen LogP) is 2.17. The summed E-state index contributed by atoms with van der Waals surface area (Å²) in [5.74, 6) is 0.887. The number of carbonyl (C=O) groups excluding carboxylic acids is 1. The molecule has 2 N–H and O–H groups in total. The Hall–Kier alpha value is -1.55. The molecule has 4 heteroatoms. The molecular formula is C14H22N2O2. The monoisotopic (exact) mass is 250 g/mol. The van der Waals surface area contributed by atoms with Crippen LogP contribution in [-0.4, -0.2) is 26.6 Å². The second-order valence-electron chi connectivity index (χ2n) is 4.42. The molecule has 1 rings (SSSR count). The lowest BCUT2D eigenvalue weighted by Gasteiger charge is -2.16. The van der Waals surface area contributed by atoms with E-state index in [1.54, 1.807) is 7.11 Å². The Morgan fingerprint density at radius 2 is 1.94 bits per heavy atom. The largest absolute Gasteiger partial charge is 0.496 e. The second-order valence-corrected chi connectivity index (χ2v) is 4.42. The highest BCUT2D eigenvalue weighted by Crippen LogP contribution is 2.31. The van der Waals surface area contributed by atoms with E-state index in [-0.39, 0.29) is 5.91 Å². The standard InChI is InChI=1S/C14H22N2O2/c1-9-8-12(18-5)10(2)11(3)14(9)16-13(17)6-7-15-4/h8,15H,6-7H2,1-5H3,(H,16,17). The number of benzene rings is 1. The number of aryl methyl sites for hydroxylation is 1. The van der Waals surface area contributed by atoms with Crippen molar-refractivity contribution in [3.05, 3.63) is 22.8 Å². The number of nitrogens with one attached hydrogen (secondary N) is 2. The lowest BCUT2D eigenvalue weighted by Crippen LogP contribution is -2.19. The molecule has 0 aliphatic rings. The van der Waals surface area contributed by atoms with Crippen LogP contribution in [0, 0.1) is 20.8 Å². The molecule has 0 heterocycles. The summed E-state index contributed by atoms with van der Waals surface area (Å²) < 4.78 is 5.31. The summed E-state index contributed by atoms with van der Waals surface area (Å²) >= 11 is 0. The summed E-state index contributed by atoms with van der Waals surface area (Å²) in [6, 6.07) is 1.95. The van der Waals surface area contributed by atoms with Gasteiger partial charge in [-0.15, -0.1) is 0 Å². The van der Waals surface area contributed by atoms with E-state index in [1.807, 2.05) is 33.9 Å². The van der Waals surface area contributed by atoms with Gasteiger partial charge in [0.2, 0.25) is 5.91 Å². The molecule has 0 saturated carbocycles. The van der Waals surface area contributed by atoms with Gasteiger partial charge >= 0.3 is 0 Å². The van der Waals surface area contributed by atoms with Crippen LogP contribution in [0.25, 0.3) is 0 Å². The molecule has 4 nitrogen and oxygen atoms in total. The Kier molecular flexibility index (Phi) is 5.16. The minimum atomic E-state index is 0.0279. The molecule has 1 aromatic rings. The molecular weight excluding hydrogens is 228 g/mol. The van der Waals surface area contributed by atoms with Gasteiger partial charge in [-0.1, -0.05) is 0 Å². The molecule has 0 radical (unpaired) electrons. The van der Waals surface area contributed by atoms with Crippen LogP contribution >= 0.6 is 0 Å². The molecule has 0 aliphatic carbocycles. The fraction of sp³-hybridized carbons (Fsp3) is 0.500. The third-order valence-electron chi connectivity index (χ3n) is 3.14. The van der Waals surface area contributed by atoms with E-state index in [4.69, 9.17) is 4.74 Å². The molecule has 0 unspecified atom stereocenters. The normalized spacial score (nSPS) is 10.3. The van der Waals surface area contributed by atoms with Gasteiger partial charge in [0, 0.05) is 18.7 Å². The van der Waals surface area contributed by atoms with Crippen LogP contribution in [0.1, 0.15) is 23.1 Å². The fourth-order valence-electron chi connectivity index (χ4n) is 1.89. The molecule has 1 amide bonds. The van der Waals surface area contributed by atoms with Crippen molar-refractivity contribution in [1.82, 2.24) is 5.32 Å². The molecule has 0 fully saturated rings. The van der Waals surface area contributed by atoms with E-state index in [0.717, 1.165) is 28.1 Å². The lowest BCUT2D eigenvalue weighted by molar-refractivity contribution is -0.116. The van der Waals surface area contributed by atoms with Gasteiger partial charge in [0.05, 0.1) is 7.11 Å². The van der Waals surface area contributed by atoms with Crippen LogP contribution in [0.5, 0.6) is 5.75 Å². The summed E-state index contributed by atoms with van der Waals surface area (Å²) in [4.78, 5) is 11.8. The average molecular weight is 250 g/mol. The second kappa shape index (κ2) is 6.40. The van der Waals surface area contributed by atoms with E-state index in [1.165, 1.54) is 0 Å². The first-order valence-corrected chi connectivity index (χ1v) is 6.10. The highest BCUT2D eigenvalue weighted by Gasteiger charge is 2.12. The predicted molar refractivity (Wildman–Crippen MR) is 74.4 cm³/mol. The van der Waals surface area contributed by atoms with E-state index in [0.29, 0.717) is 13.0 Å². The van der Waals surface area contributed by atoms with Crippen LogP contribution in [0.4, 0.5) is 5.69 Å². The third-order valence-corrected chi connectivity index (χ3v) is 3.14. The van der Waals surface area contributed by atoms with E-state index < -0.39 is 0 Å². The van der Waals surface area contributed by atoms with Gasteiger partial charge in [0.15, 0.2) is 0 Å². The van der Waals surface area contributed by atoms with E-state index >= 15 is 0 Å². The summed E-state index contributed by atoms with van der Waals surface area (Å²) in [5.41, 5.74) is 4.04. The Morgan fingerprint density at radius 3 is 2.50 bits per heavy atom. The van der Waals surface area contributed by atoms with E-state index in [2.05, 4.69) is 10.6 Å². The number of anilines is 1. The van der Waals surface area contributed by atoms with Gasteiger partial charge in [-0.2, -0.15) is 0 Å². The molecule has 18 heavy (non-hydrogen) atoms. The van der Waals surface area contributed by atoms with Crippen molar-refractivity contribution in [3.63, 3.8) is 0 Å². The Balaban J connectivity index is 2.96. The SMILES string of the molecule is CNCCC(=O)Nc1c(C)cc(OC)c(C)c1C. The van der Waals surface area contributed by atoms with Crippen molar-refractivity contribution in [1.29, 1.82) is 0 Å². The van der Waals surface area contributed by atoms with Crippen LogP contribution in [0.15, 0.2) is 6.07 Å². The van der Waals surface area contributed by atoms with Crippen molar-refractivity contribution < 1.29 is 9.53 Å². The minimum Gasteiger partial charge on any atom is -0.496 e. The number of carbonyl (C=O) groups is 1. The van der Waals surface area contributed by atoms with Crippen molar-refractivity contribution in [2.45, 2.75) is 27.2 Å². The van der Waals surface area contributed by atoms with Crippen LogP contribution in [-0.2, 0) is 4.79 Å². The number of ether oxygens (including phenoxy) is 1.